The molecule has 0 atom stereocenters. The van der Waals surface area contributed by atoms with Gasteiger partial charge in [-0.3, -0.25) is 9.59 Å². The maximum Gasteiger partial charge on any atom is 0.255 e. The molecule has 1 aromatic carbocycles. The highest BCUT2D eigenvalue weighted by atomic mass is 32.2. The van der Waals surface area contributed by atoms with E-state index in [1.165, 1.54) is 4.31 Å². The van der Waals surface area contributed by atoms with E-state index in [-0.39, 0.29) is 23.5 Å². The Hall–Kier alpha value is -1.93. The van der Waals surface area contributed by atoms with Gasteiger partial charge in [-0.2, -0.15) is 0 Å². The van der Waals surface area contributed by atoms with Crippen LogP contribution < -0.4 is 5.32 Å². The number of nitrogens with one attached hydrogen (secondary N) is 1. The van der Waals surface area contributed by atoms with Crippen molar-refractivity contribution in [2.24, 2.45) is 5.92 Å². The van der Waals surface area contributed by atoms with Crippen LogP contribution in [-0.4, -0.2) is 61.4 Å². The minimum atomic E-state index is -3.23. The van der Waals surface area contributed by atoms with Gasteiger partial charge >= 0.3 is 0 Å². The molecule has 2 aliphatic rings. The molecule has 0 radical (unpaired) electrons. The summed E-state index contributed by atoms with van der Waals surface area (Å²) in [4.78, 5) is 27.6. The summed E-state index contributed by atoms with van der Waals surface area (Å²) in [5.74, 6) is -0.255. The van der Waals surface area contributed by atoms with E-state index in [1.54, 1.807) is 12.1 Å². The van der Waals surface area contributed by atoms with Crippen LogP contribution in [0.2, 0.25) is 0 Å². The Balaban J connectivity index is 1.60. The van der Waals surface area contributed by atoms with Crippen molar-refractivity contribution in [1.29, 1.82) is 0 Å². The van der Waals surface area contributed by atoms with Gasteiger partial charge in [0.15, 0.2) is 0 Å². The lowest BCUT2D eigenvalue weighted by molar-refractivity contribution is -0.120. The Labute approximate surface area is 179 Å². The lowest BCUT2D eigenvalue weighted by atomic mass is 9.97. The van der Waals surface area contributed by atoms with Gasteiger partial charge in [0.1, 0.15) is 0 Å². The molecule has 7 nitrogen and oxygen atoms in total. The number of sulfonamides is 1. The normalized spacial score (nSPS) is 18.9. The minimum absolute atomic E-state index is 0.0394. The molecule has 0 bridgehead atoms. The van der Waals surface area contributed by atoms with Crippen molar-refractivity contribution in [2.45, 2.75) is 51.9 Å². The quantitative estimate of drug-likeness (QED) is 0.713. The number of likely N-dealkylation sites (tertiary alicyclic amines) is 1. The van der Waals surface area contributed by atoms with Crippen molar-refractivity contribution in [1.82, 2.24) is 9.21 Å². The number of unbranched alkanes of at least 4 members (excludes halogenated alkanes) is 1. The highest BCUT2D eigenvalue weighted by Gasteiger charge is 2.31. The second-order valence-electron chi connectivity index (χ2n) is 8.23. The van der Waals surface area contributed by atoms with Crippen LogP contribution in [0.4, 0.5) is 5.69 Å². The second kappa shape index (κ2) is 10.4. The van der Waals surface area contributed by atoms with Gasteiger partial charge < -0.3 is 10.2 Å². The minimum Gasteiger partial charge on any atom is -0.339 e. The maximum atomic E-state index is 12.9. The molecule has 30 heavy (non-hydrogen) atoms. The molecule has 2 saturated heterocycles. The molecular formula is C22H33N3O4S. The van der Waals surface area contributed by atoms with Crippen molar-refractivity contribution >= 4 is 27.5 Å². The molecule has 2 aliphatic heterocycles. The monoisotopic (exact) mass is 435 g/mol. The first-order valence-electron chi connectivity index (χ1n) is 11.1. The molecule has 0 unspecified atom stereocenters. The Morgan fingerprint density at radius 2 is 1.70 bits per heavy atom. The molecule has 3 rings (SSSR count). The molecule has 166 valence electrons. The average Bonchev–Trinajstić information content (AvgIpc) is 2.78. The van der Waals surface area contributed by atoms with Gasteiger partial charge in [0.25, 0.3) is 5.91 Å². The first-order chi connectivity index (χ1) is 14.4. The standard InChI is InChI=1S/C22H33N3O4S/c1-2-3-17-30(28,29)25-15-11-18(12-16-25)21(26)23-20-10-6-5-9-19(20)22(27)24-13-7-4-8-14-24/h5-6,9-10,18H,2-4,7-8,11-17H2,1H3,(H,23,26). The zero-order chi connectivity index (χ0) is 21.6. The van der Waals surface area contributed by atoms with Gasteiger partial charge in [-0.25, -0.2) is 12.7 Å². The van der Waals surface area contributed by atoms with E-state index in [9.17, 15) is 18.0 Å². The second-order valence-corrected chi connectivity index (χ2v) is 10.3. The largest absolute Gasteiger partial charge is 0.339 e. The summed E-state index contributed by atoms with van der Waals surface area (Å²) in [6.07, 6.45) is 5.67. The smallest absolute Gasteiger partial charge is 0.255 e. The summed E-state index contributed by atoms with van der Waals surface area (Å²) >= 11 is 0. The number of hydrogen-bond donors (Lipinski definition) is 1. The predicted octanol–water partition coefficient (Wildman–Crippen LogP) is 3.09. The van der Waals surface area contributed by atoms with Crippen LogP contribution in [0.25, 0.3) is 0 Å². The van der Waals surface area contributed by atoms with Gasteiger partial charge in [0, 0.05) is 32.1 Å². The van der Waals surface area contributed by atoms with Crippen molar-refractivity contribution in [2.75, 3.05) is 37.2 Å². The summed E-state index contributed by atoms with van der Waals surface area (Å²) in [7, 11) is -3.23. The molecule has 0 saturated carbocycles. The van der Waals surface area contributed by atoms with Crippen LogP contribution in [0.1, 0.15) is 62.2 Å². The van der Waals surface area contributed by atoms with Crippen LogP contribution in [0.15, 0.2) is 24.3 Å². The van der Waals surface area contributed by atoms with Gasteiger partial charge in [-0.15, -0.1) is 0 Å². The van der Waals surface area contributed by atoms with E-state index in [1.807, 2.05) is 24.0 Å². The number of amides is 2. The number of anilines is 1. The summed E-state index contributed by atoms with van der Waals surface area (Å²) in [5, 5.41) is 2.93. The van der Waals surface area contributed by atoms with E-state index in [2.05, 4.69) is 5.32 Å². The van der Waals surface area contributed by atoms with Gasteiger partial charge in [0.05, 0.1) is 17.0 Å². The Morgan fingerprint density at radius 1 is 1.03 bits per heavy atom. The maximum absolute atomic E-state index is 12.9. The number of carbonyl (C=O) groups is 2. The Bertz CT molecular complexity index is 842. The van der Waals surface area contributed by atoms with E-state index < -0.39 is 10.0 Å². The van der Waals surface area contributed by atoms with Crippen molar-refractivity contribution < 1.29 is 18.0 Å². The molecule has 0 aromatic heterocycles. The summed E-state index contributed by atoms with van der Waals surface area (Å²) < 4.78 is 26.2. The van der Waals surface area contributed by atoms with Crippen LogP contribution in [0, 0.1) is 5.92 Å². The fourth-order valence-electron chi connectivity index (χ4n) is 4.13. The Kier molecular flexibility index (Phi) is 7.88. The zero-order valence-corrected chi connectivity index (χ0v) is 18.6. The lowest BCUT2D eigenvalue weighted by Crippen LogP contribution is -2.42. The number of carbonyl (C=O) groups excluding carboxylic acids is 2. The molecule has 0 aliphatic carbocycles. The van der Waals surface area contributed by atoms with E-state index in [4.69, 9.17) is 0 Å². The molecule has 2 heterocycles. The first-order valence-corrected chi connectivity index (χ1v) is 12.7. The van der Waals surface area contributed by atoms with Crippen LogP contribution in [-0.2, 0) is 14.8 Å². The highest BCUT2D eigenvalue weighted by molar-refractivity contribution is 7.89. The summed E-state index contributed by atoms with van der Waals surface area (Å²) in [6, 6.07) is 7.15. The van der Waals surface area contributed by atoms with Crippen molar-refractivity contribution in [3.05, 3.63) is 29.8 Å². The third-order valence-electron chi connectivity index (χ3n) is 6.03. The molecule has 1 N–H and O–H groups in total. The third-order valence-corrected chi connectivity index (χ3v) is 7.99. The molecular weight excluding hydrogens is 402 g/mol. The topological polar surface area (TPSA) is 86.8 Å². The van der Waals surface area contributed by atoms with Gasteiger partial charge in [-0.1, -0.05) is 25.5 Å². The third kappa shape index (κ3) is 5.60. The fraction of sp³-hybridized carbons (Fsp3) is 0.636. The van der Waals surface area contributed by atoms with E-state index in [0.29, 0.717) is 43.6 Å². The SMILES string of the molecule is CCCCS(=O)(=O)N1CCC(C(=O)Nc2ccccc2C(=O)N2CCCCC2)CC1. The van der Waals surface area contributed by atoms with E-state index in [0.717, 1.165) is 38.8 Å². The predicted molar refractivity (Wildman–Crippen MR) is 118 cm³/mol. The molecule has 8 heteroatoms. The molecule has 2 amide bonds. The van der Waals surface area contributed by atoms with Crippen LogP contribution >= 0.6 is 0 Å². The highest BCUT2D eigenvalue weighted by Crippen LogP contribution is 2.24. The van der Waals surface area contributed by atoms with Crippen LogP contribution in [0.5, 0.6) is 0 Å². The van der Waals surface area contributed by atoms with Crippen molar-refractivity contribution in [3.8, 4) is 0 Å². The zero-order valence-electron chi connectivity index (χ0n) is 17.8. The van der Waals surface area contributed by atoms with Crippen molar-refractivity contribution in [3.63, 3.8) is 0 Å². The Morgan fingerprint density at radius 3 is 2.37 bits per heavy atom. The molecule has 0 spiro atoms. The van der Waals surface area contributed by atoms with E-state index >= 15 is 0 Å². The number of hydrogen-bond acceptors (Lipinski definition) is 4. The summed E-state index contributed by atoms with van der Waals surface area (Å²) in [5.41, 5.74) is 1.06. The lowest BCUT2D eigenvalue weighted by Gasteiger charge is -2.31. The van der Waals surface area contributed by atoms with Gasteiger partial charge in [-0.05, 0) is 50.7 Å². The number of rotatable bonds is 7. The molecule has 2 fully saturated rings. The number of piperidine rings is 2. The molecule has 1 aromatic rings. The number of benzene rings is 1. The summed E-state index contributed by atoms with van der Waals surface area (Å²) in [6.45, 7) is 4.23. The first kappa shape index (κ1) is 22.7. The van der Waals surface area contributed by atoms with Crippen LogP contribution in [0.3, 0.4) is 0 Å². The number of para-hydroxylation sites is 1. The number of nitrogens with zero attached hydrogens (tertiary/aromatic N) is 2. The van der Waals surface area contributed by atoms with Gasteiger partial charge in [0.2, 0.25) is 15.9 Å². The average molecular weight is 436 g/mol. The fourth-order valence-corrected chi connectivity index (χ4v) is 5.81.